The Morgan fingerprint density at radius 1 is 0.969 bits per heavy atom. The summed E-state index contributed by atoms with van der Waals surface area (Å²) in [6.45, 7) is 2.96. The molecule has 5 rings (SSSR count). The Morgan fingerprint density at radius 2 is 1.69 bits per heavy atom. The van der Waals surface area contributed by atoms with Crippen LogP contribution in [0, 0.1) is 0 Å². The van der Waals surface area contributed by atoms with Crippen LogP contribution in [0.3, 0.4) is 0 Å². The molecule has 162 valence electrons. The standard InChI is InChI=1S/C27H26N2O3/c30-27(28-21-15-16-29(18-21)17-20-9-3-1-4-10-20)26-24(19-31-22-11-5-2-6-12-22)23-13-7-8-14-25(23)32-26/h1-14,21H,15-19H2,(H,28,30)/t21-/m0/s1. The van der Waals surface area contributed by atoms with E-state index in [9.17, 15) is 4.79 Å². The molecule has 1 amide bonds. The first kappa shape index (κ1) is 20.3. The number of benzene rings is 3. The minimum absolute atomic E-state index is 0.0994. The number of rotatable bonds is 7. The Kier molecular flexibility index (Phi) is 5.90. The number of amides is 1. The number of furan rings is 1. The largest absolute Gasteiger partial charge is 0.489 e. The van der Waals surface area contributed by atoms with Gasteiger partial charge in [-0.2, -0.15) is 0 Å². The van der Waals surface area contributed by atoms with Gasteiger partial charge in [-0.05, 0) is 30.2 Å². The lowest BCUT2D eigenvalue weighted by Gasteiger charge is -2.16. The SMILES string of the molecule is O=C(N[C@H]1CCN(Cc2ccccc2)C1)c1oc2ccccc2c1COc1ccccc1. The molecule has 32 heavy (non-hydrogen) atoms. The van der Waals surface area contributed by atoms with Crippen molar-refractivity contribution in [1.82, 2.24) is 10.2 Å². The predicted molar refractivity (Wildman–Crippen MR) is 125 cm³/mol. The summed E-state index contributed by atoms with van der Waals surface area (Å²) in [5.74, 6) is 0.916. The van der Waals surface area contributed by atoms with Crippen LogP contribution in [0.5, 0.6) is 5.75 Å². The first-order valence-electron chi connectivity index (χ1n) is 11.0. The van der Waals surface area contributed by atoms with Gasteiger partial charge in [0.1, 0.15) is 17.9 Å². The molecule has 0 saturated carbocycles. The van der Waals surface area contributed by atoms with E-state index < -0.39 is 0 Å². The third kappa shape index (κ3) is 4.53. The summed E-state index contributed by atoms with van der Waals surface area (Å²) in [7, 11) is 0. The van der Waals surface area contributed by atoms with Crippen molar-refractivity contribution in [3.05, 3.63) is 102 Å². The lowest BCUT2D eigenvalue weighted by atomic mass is 10.1. The summed E-state index contributed by atoms with van der Waals surface area (Å²) in [5.41, 5.74) is 2.76. The van der Waals surface area contributed by atoms with Crippen molar-refractivity contribution in [2.45, 2.75) is 25.6 Å². The maximum Gasteiger partial charge on any atom is 0.287 e. The summed E-state index contributed by atoms with van der Waals surface area (Å²) in [6.07, 6.45) is 0.925. The minimum atomic E-state index is -0.181. The van der Waals surface area contributed by atoms with Crippen molar-refractivity contribution in [1.29, 1.82) is 0 Å². The first-order chi connectivity index (χ1) is 15.8. The normalized spacial score (nSPS) is 16.3. The fourth-order valence-electron chi connectivity index (χ4n) is 4.28. The number of ether oxygens (including phenoxy) is 1. The van der Waals surface area contributed by atoms with Crippen LogP contribution in [-0.4, -0.2) is 29.9 Å². The first-order valence-corrected chi connectivity index (χ1v) is 11.0. The molecule has 0 bridgehead atoms. The quantitative estimate of drug-likeness (QED) is 0.451. The van der Waals surface area contributed by atoms with Gasteiger partial charge in [-0.15, -0.1) is 0 Å². The van der Waals surface area contributed by atoms with E-state index in [0.29, 0.717) is 11.3 Å². The van der Waals surface area contributed by atoms with Crippen LogP contribution in [0.2, 0.25) is 0 Å². The molecule has 0 spiro atoms. The van der Waals surface area contributed by atoms with E-state index in [-0.39, 0.29) is 18.6 Å². The van der Waals surface area contributed by atoms with Crippen LogP contribution in [0.25, 0.3) is 11.0 Å². The zero-order valence-electron chi connectivity index (χ0n) is 17.9. The Hall–Kier alpha value is -3.57. The van der Waals surface area contributed by atoms with Crippen molar-refractivity contribution < 1.29 is 13.9 Å². The number of likely N-dealkylation sites (tertiary alicyclic amines) is 1. The van der Waals surface area contributed by atoms with Crippen LogP contribution < -0.4 is 10.1 Å². The average molecular weight is 427 g/mol. The maximum absolute atomic E-state index is 13.2. The van der Waals surface area contributed by atoms with E-state index in [4.69, 9.17) is 9.15 Å². The van der Waals surface area contributed by atoms with E-state index in [1.807, 2.05) is 60.7 Å². The average Bonchev–Trinajstić information content (AvgIpc) is 3.43. The lowest BCUT2D eigenvalue weighted by molar-refractivity contribution is 0.0908. The van der Waals surface area contributed by atoms with Gasteiger partial charge in [0.2, 0.25) is 0 Å². The molecule has 1 atom stereocenters. The highest BCUT2D eigenvalue weighted by atomic mass is 16.5. The minimum Gasteiger partial charge on any atom is -0.489 e. The number of fused-ring (bicyclic) bond motifs is 1. The van der Waals surface area contributed by atoms with Gasteiger partial charge in [0.15, 0.2) is 5.76 Å². The van der Waals surface area contributed by atoms with Crippen LogP contribution in [0.15, 0.2) is 89.3 Å². The van der Waals surface area contributed by atoms with Gasteiger partial charge in [-0.3, -0.25) is 9.69 Å². The van der Waals surface area contributed by atoms with Crippen molar-refractivity contribution in [2.24, 2.45) is 0 Å². The number of nitrogens with zero attached hydrogens (tertiary/aromatic N) is 1. The van der Waals surface area contributed by atoms with Crippen LogP contribution in [0.4, 0.5) is 0 Å². The topological polar surface area (TPSA) is 54.7 Å². The molecule has 5 heteroatoms. The Morgan fingerprint density at radius 3 is 2.50 bits per heavy atom. The molecule has 1 aliphatic rings. The zero-order valence-corrected chi connectivity index (χ0v) is 17.9. The van der Waals surface area contributed by atoms with Gasteiger partial charge in [-0.1, -0.05) is 66.7 Å². The zero-order chi connectivity index (χ0) is 21.8. The van der Waals surface area contributed by atoms with Gasteiger partial charge in [0.25, 0.3) is 5.91 Å². The Labute approximate surface area is 187 Å². The van der Waals surface area contributed by atoms with Crippen molar-refractivity contribution in [3.8, 4) is 5.75 Å². The molecule has 1 N–H and O–H groups in total. The highest BCUT2D eigenvalue weighted by Gasteiger charge is 2.27. The summed E-state index contributed by atoms with van der Waals surface area (Å²) < 4.78 is 11.9. The Balaban J connectivity index is 1.29. The number of nitrogens with one attached hydrogen (secondary N) is 1. The highest BCUT2D eigenvalue weighted by molar-refractivity contribution is 5.99. The molecule has 4 aromatic rings. The lowest BCUT2D eigenvalue weighted by Crippen LogP contribution is -2.37. The van der Waals surface area contributed by atoms with Crippen LogP contribution in [-0.2, 0) is 13.2 Å². The molecule has 1 aromatic heterocycles. The summed E-state index contributed by atoms with van der Waals surface area (Å²) in [6, 6.07) is 27.9. The third-order valence-electron chi connectivity index (χ3n) is 5.89. The van der Waals surface area contributed by atoms with Crippen LogP contribution >= 0.6 is 0 Å². The number of carbonyl (C=O) groups excluding carboxylic acids is 1. The van der Waals surface area contributed by atoms with Crippen molar-refractivity contribution in [3.63, 3.8) is 0 Å². The highest BCUT2D eigenvalue weighted by Crippen LogP contribution is 2.28. The third-order valence-corrected chi connectivity index (χ3v) is 5.89. The summed E-state index contributed by atoms with van der Waals surface area (Å²) in [4.78, 5) is 15.6. The second kappa shape index (κ2) is 9.28. The fraction of sp³-hybridized carbons (Fsp3) is 0.222. The van der Waals surface area contributed by atoms with Gasteiger partial charge in [0, 0.05) is 36.6 Å². The number of hydrogen-bond donors (Lipinski definition) is 1. The molecule has 0 aliphatic carbocycles. The van der Waals surface area contributed by atoms with E-state index in [0.717, 1.165) is 42.8 Å². The monoisotopic (exact) mass is 426 g/mol. The molecule has 1 saturated heterocycles. The van der Waals surface area contributed by atoms with Crippen molar-refractivity contribution in [2.75, 3.05) is 13.1 Å². The number of hydrogen-bond acceptors (Lipinski definition) is 4. The molecular formula is C27H26N2O3. The molecule has 0 radical (unpaired) electrons. The molecular weight excluding hydrogens is 400 g/mol. The molecule has 5 nitrogen and oxygen atoms in total. The summed E-state index contributed by atoms with van der Waals surface area (Å²) in [5, 5.41) is 4.09. The van der Waals surface area contributed by atoms with Crippen LogP contribution in [0.1, 0.15) is 28.1 Å². The van der Waals surface area contributed by atoms with E-state index in [2.05, 4.69) is 34.5 Å². The van der Waals surface area contributed by atoms with Gasteiger partial charge in [0.05, 0.1) is 0 Å². The smallest absolute Gasteiger partial charge is 0.287 e. The van der Waals surface area contributed by atoms with E-state index >= 15 is 0 Å². The number of carbonyl (C=O) groups is 1. The Bertz CT molecular complexity index is 1190. The van der Waals surface area contributed by atoms with Gasteiger partial charge in [-0.25, -0.2) is 0 Å². The second-order valence-electron chi connectivity index (χ2n) is 8.19. The maximum atomic E-state index is 13.2. The van der Waals surface area contributed by atoms with Gasteiger partial charge < -0.3 is 14.5 Å². The fourth-order valence-corrected chi connectivity index (χ4v) is 4.28. The summed E-state index contributed by atoms with van der Waals surface area (Å²) >= 11 is 0. The number of para-hydroxylation sites is 2. The molecule has 1 fully saturated rings. The second-order valence-corrected chi connectivity index (χ2v) is 8.19. The molecule has 2 heterocycles. The molecule has 1 aliphatic heterocycles. The molecule has 3 aromatic carbocycles. The van der Waals surface area contributed by atoms with Gasteiger partial charge >= 0.3 is 0 Å². The predicted octanol–water partition coefficient (Wildman–Crippen LogP) is 5.02. The van der Waals surface area contributed by atoms with E-state index in [1.54, 1.807) is 0 Å². The van der Waals surface area contributed by atoms with E-state index in [1.165, 1.54) is 5.56 Å². The van der Waals surface area contributed by atoms with Crippen molar-refractivity contribution >= 4 is 16.9 Å². The molecule has 0 unspecified atom stereocenters.